The molecule has 2 heterocycles. The lowest BCUT2D eigenvalue weighted by molar-refractivity contribution is -0.132. The van der Waals surface area contributed by atoms with Crippen molar-refractivity contribution in [3.05, 3.63) is 54.2 Å². The Morgan fingerprint density at radius 1 is 1.19 bits per heavy atom. The first-order chi connectivity index (χ1) is 12.7. The zero-order chi connectivity index (χ0) is 18.2. The maximum atomic E-state index is 12.5. The molecule has 26 heavy (non-hydrogen) atoms. The summed E-state index contributed by atoms with van der Waals surface area (Å²) in [5, 5.41) is 1.09. The smallest absolute Gasteiger partial charge is 0.222 e. The molecule has 0 bridgehead atoms. The van der Waals surface area contributed by atoms with Gasteiger partial charge in [0.15, 0.2) is 0 Å². The number of likely N-dealkylation sites (tertiary alicyclic amines) is 1. The van der Waals surface area contributed by atoms with Crippen molar-refractivity contribution in [3.63, 3.8) is 0 Å². The van der Waals surface area contributed by atoms with Crippen LogP contribution in [0.15, 0.2) is 53.7 Å². The van der Waals surface area contributed by atoms with E-state index in [-0.39, 0.29) is 5.91 Å². The molecule has 0 atom stereocenters. The first-order valence-corrected chi connectivity index (χ1v) is 10.2. The number of amides is 1. The summed E-state index contributed by atoms with van der Waals surface area (Å²) in [5.41, 5.74) is 1.18. The first-order valence-electron chi connectivity index (χ1n) is 9.19. The van der Waals surface area contributed by atoms with Crippen LogP contribution >= 0.6 is 11.8 Å². The third-order valence-electron chi connectivity index (χ3n) is 4.86. The zero-order valence-corrected chi connectivity index (χ0v) is 16.1. The van der Waals surface area contributed by atoms with Crippen molar-refractivity contribution in [1.29, 1.82) is 0 Å². The second kappa shape index (κ2) is 9.62. The Bertz CT molecular complexity index is 683. The number of ether oxygens (including phenoxy) is 1. The SMILES string of the molecule is COc1ccc(CCC(=O)N2CCC(CSc3ccccn3)CC2)cc1. The van der Waals surface area contributed by atoms with E-state index in [0.29, 0.717) is 12.3 Å². The number of hydrogen-bond donors (Lipinski definition) is 0. The van der Waals surface area contributed by atoms with Crippen LogP contribution in [0.1, 0.15) is 24.8 Å². The number of piperidine rings is 1. The number of aromatic nitrogens is 1. The molecule has 0 saturated carbocycles. The largest absolute Gasteiger partial charge is 0.497 e. The number of methoxy groups -OCH3 is 1. The molecule has 0 unspecified atom stereocenters. The minimum Gasteiger partial charge on any atom is -0.497 e. The van der Waals surface area contributed by atoms with Crippen molar-refractivity contribution in [1.82, 2.24) is 9.88 Å². The van der Waals surface area contributed by atoms with E-state index in [9.17, 15) is 4.79 Å². The van der Waals surface area contributed by atoms with Crippen LogP contribution in [0.2, 0.25) is 0 Å². The van der Waals surface area contributed by atoms with Gasteiger partial charge in [-0.2, -0.15) is 0 Å². The second-order valence-electron chi connectivity index (χ2n) is 6.65. The van der Waals surface area contributed by atoms with E-state index in [4.69, 9.17) is 4.74 Å². The quantitative estimate of drug-likeness (QED) is 0.690. The molecule has 1 aromatic carbocycles. The summed E-state index contributed by atoms with van der Waals surface area (Å²) in [6, 6.07) is 14.0. The molecule has 1 aromatic heterocycles. The van der Waals surface area contributed by atoms with Gasteiger partial charge in [-0.1, -0.05) is 18.2 Å². The Morgan fingerprint density at radius 2 is 1.96 bits per heavy atom. The van der Waals surface area contributed by atoms with Gasteiger partial charge in [0.25, 0.3) is 0 Å². The van der Waals surface area contributed by atoms with Crippen LogP contribution in [-0.4, -0.2) is 41.7 Å². The summed E-state index contributed by atoms with van der Waals surface area (Å²) in [7, 11) is 1.66. The van der Waals surface area contributed by atoms with Crippen LogP contribution in [-0.2, 0) is 11.2 Å². The van der Waals surface area contributed by atoms with Crippen molar-refractivity contribution in [2.75, 3.05) is 26.0 Å². The minimum absolute atomic E-state index is 0.275. The molecule has 1 aliphatic heterocycles. The van der Waals surface area contributed by atoms with Gasteiger partial charge in [-0.15, -0.1) is 11.8 Å². The van der Waals surface area contributed by atoms with Crippen LogP contribution < -0.4 is 4.74 Å². The Hall–Kier alpha value is -2.01. The summed E-state index contributed by atoms with van der Waals surface area (Å²) in [5.74, 6) is 2.89. The Kier molecular flexibility index (Phi) is 6.95. The second-order valence-corrected chi connectivity index (χ2v) is 7.69. The fraction of sp³-hybridized carbons (Fsp3) is 0.429. The molecule has 0 aliphatic carbocycles. The van der Waals surface area contributed by atoms with Gasteiger partial charge < -0.3 is 9.64 Å². The number of carbonyl (C=O) groups is 1. The van der Waals surface area contributed by atoms with Crippen LogP contribution in [0, 0.1) is 5.92 Å². The third-order valence-corrected chi connectivity index (χ3v) is 6.03. The van der Waals surface area contributed by atoms with E-state index in [1.54, 1.807) is 7.11 Å². The molecular formula is C21H26N2O2S. The lowest BCUT2D eigenvalue weighted by Gasteiger charge is -2.32. The average molecular weight is 371 g/mol. The van der Waals surface area contributed by atoms with Crippen molar-refractivity contribution in [3.8, 4) is 5.75 Å². The van der Waals surface area contributed by atoms with E-state index >= 15 is 0 Å². The number of thioether (sulfide) groups is 1. The lowest BCUT2D eigenvalue weighted by atomic mass is 9.98. The van der Waals surface area contributed by atoms with Crippen LogP contribution in [0.25, 0.3) is 0 Å². The Balaban J connectivity index is 1.37. The number of carbonyl (C=O) groups excluding carboxylic acids is 1. The van der Waals surface area contributed by atoms with Crippen molar-refractivity contribution >= 4 is 17.7 Å². The van der Waals surface area contributed by atoms with Gasteiger partial charge in [-0.05, 0) is 55.0 Å². The highest BCUT2D eigenvalue weighted by atomic mass is 32.2. The molecular weight excluding hydrogens is 344 g/mol. The van der Waals surface area contributed by atoms with Gasteiger partial charge in [0, 0.05) is 31.5 Å². The maximum absolute atomic E-state index is 12.5. The summed E-state index contributed by atoms with van der Waals surface area (Å²) in [6.45, 7) is 1.77. The number of benzene rings is 1. The van der Waals surface area contributed by atoms with E-state index in [2.05, 4.69) is 11.1 Å². The van der Waals surface area contributed by atoms with Crippen LogP contribution in [0.5, 0.6) is 5.75 Å². The standard InChI is InChI=1S/C21H26N2O2S/c1-25-19-8-5-17(6-9-19)7-10-21(24)23-14-11-18(12-15-23)16-26-20-4-2-3-13-22-20/h2-6,8-9,13,18H,7,10-12,14-16H2,1H3. The monoisotopic (exact) mass is 370 g/mol. The fourth-order valence-electron chi connectivity index (χ4n) is 3.19. The average Bonchev–Trinajstić information content (AvgIpc) is 2.72. The molecule has 0 spiro atoms. The molecule has 0 N–H and O–H groups in total. The van der Waals surface area contributed by atoms with E-state index in [1.165, 1.54) is 5.56 Å². The predicted octanol–water partition coefficient (Wildman–Crippen LogP) is 4.05. The van der Waals surface area contributed by atoms with Gasteiger partial charge in [0.05, 0.1) is 12.1 Å². The Morgan fingerprint density at radius 3 is 2.62 bits per heavy atom. The van der Waals surface area contributed by atoms with E-state index < -0.39 is 0 Å². The normalized spacial score (nSPS) is 15.0. The summed E-state index contributed by atoms with van der Waals surface area (Å²) >= 11 is 1.82. The van der Waals surface area contributed by atoms with Crippen LogP contribution in [0.3, 0.4) is 0 Å². The Labute approximate surface area is 160 Å². The van der Waals surface area contributed by atoms with E-state index in [1.807, 2.05) is 59.3 Å². The molecule has 1 fully saturated rings. The van der Waals surface area contributed by atoms with Crippen LogP contribution in [0.4, 0.5) is 0 Å². The van der Waals surface area contributed by atoms with Gasteiger partial charge in [-0.3, -0.25) is 4.79 Å². The number of pyridine rings is 1. The molecule has 2 aromatic rings. The number of hydrogen-bond acceptors (Lipinski definition) is 4. The summed E-state index contributed by atoms with van der Waals surface area (Å²) < 4.78 is 5.17. The van der Waals surface area contributed by atoms with Crippen molar-refractivity contribution in [2.45, 2.75) is 30.7 Å². The highest BCUT2D eigenvalue weighted by Crippen LogP contribution is 2.25. The molecule has 0 radical (unpaired) electrons. The first kappa shape index (κ1) is 18.8. The highest BCUT2D eigenvalue weighted by Gasteiger charge is 2.22. The minimum atomic E-state index is 0.275. The van der Waals surface area contributed by atoms with Gasteiger partial charge in [-0.25, -0.2) is 4.98 Å². The van der Waals surface area contributed by atoms with Crippen molar-refractivity contribution < 1.29 is 9.53 Å². The highest BCUT2D eigenvalue weighted by molar-refractivity contribution is 7.99. The number of nitrogens with zero attached hydrogens (tertiary/aromatic N) is 2. The maximum Gasteiger partial charge on any atom is 0.222 e. The van der Waals surface area contributed by atoms with Crippen molar-refractivity contribution in [2.24, 2.45) is 5.92 Å². The molecule has 1 amide bonds. The molecule has 5 heteroatoms. The topological polar surface area (TPSA) is 42.4 Å². The van der Waals surface area contributed by atoms with Gasteiger partial charge >= 0.3 is 0 Å². The number of rotatable bonds is 7. The predicted molar refractivity (Wildman–Crippen MR) is 106 cm³/mol. The number of aryl methyl sites for hydroxylation is 1. The van der Waals surface area contributed by atoms with Gasteiger partial charge in [0.2, 0.25) is 5.91 Å². The molecule has 1 saturated heterocycles. The molecule has 138 valence electrons. The summed E-state index contributed by atoms with van der Waals surface area (Å²) in [4.78, 5) is 18.9. The molecule has 3 rings (SSSR count). The summed E-state index contributed by atoms with van der Waals surface area (Å²) in [6.07, 6.45) is 5.40. The van der Waals surface area contributed by atoms with Gasteiger partial charge in [0.1, 0.15) is 5.75 Å². The fourth-order valence-corrected chi connectivity index (χ4v) is 4.24. The third kappa shape index (κ3) is 5.49. The zero-order valence-electron chi connectivity index (χ0n) is 15.3. The molecule has 1 aliphatic rings. The molecule has 4 nitrogen and oxygen atoms in total. The lowest BCUT2D eigenvalue weighted by Crippen LogP contribution is -2.39. The van der Waals surface area contributed by atoms with E-state index in [0.717, 1.165) is 48.9 Å².